The molecule has 0 N–H and O–H groups in total. The van der Waals surface area contributed by atoms with Gasteiger partial charge in [0.2, 0.25) is 0 Å². The molecule has 0 bridgehead atoms. The van der Waals surface area contributed by atoms with Crippen molar-refractivity contribution in [1.29, 1.82) is 0 Å². The van der Waals surface area contributed by atoms with Gasteiger partial charge < -0.3 is 9.64 Å². The van der Waals surface area contributed by atoms with Gasteiger partial charge in [-0.05, 0) is 35.2 Å². The number of fused-ring (bicyclic) bond motifs is 1. The first-order valence-electron chi connectivity index (χ1n) is 10.3. The number of amides is 2. The number of anilines is 1. The first-order valence-corrected chi connectivity index (χ1v) is 10.3. The van der Waals surface area contributed by atoms with Crippen molar-refractivity contribution in [3.05, 3.63) is 101 Å². The van der Waals surface area contributed by atoms with Crippen LogP contribution in [-0.4, -0.2) is 30.4 Å². The number of carbonyl (C=O) groups excluding carboxylic acids is 2. The lowest BCUT2D eigenvalue weighted by Gasteiger charge is -2.31. The van der Waals surface area contributed by atoms with Gasteiger partial charge in [0, 0.05) is 19.2 Å². The van der Waals surface area contributed by atoms with Gasteiger partial charge in [0.15, 0.2) is 0 Å². The predicted octanol–water partition coefficient (Wildman–Crippen LogP) is 4.04. The van der Waals surface area contributed by atoms with Gasteiger partial charge in [-0.25, -0.2) is 4.90 Å². The summed E-state index contributed by atoms with van der Waals surface area (Å²) in [4.78, 5) is 30.6. The van der Waals surface area contributed by atoms with E-state index in [-0.39, 0.29) is 11.8 Å². The second-order valence-electron chi connectivity index (χ2n) is 7.68. The van der Waals surface area contributed by atoms with E-state index >= 15 is 0 Å². The molecule has 3 aromatic rings. The summed E-state index contributed by atoms with van der Waals surface area (Å²) < 4.78 is 5.31. The van der Waals surface area contributed by atoms with E-state index in [4.69, 9.17) is 4.74 Å². The number of methoxy groups -OCH3 is 1. The lowest BCUT2D eigenvalue weighted by Crippen LogP contribution is -2.37. The third kappa shape index (κ3) is 3.28. The number of hydrogen-bond donors (Lipinski definition) is 0. The summed E-state index contributed by atoms with van der Waals surface area (Å²) in [6.07, 6.45) is 0.836. The van der Waals surface area contributed by atoms with Gasteiger partial charge in [-0.15, -0.1) is 0 Å². The lowest BCUT2D eigenvalue weighted by molar-refractivity contribution is -0.120. The van der Waals surface area contributed by atoms with E-state index in [9.17, 15) is 9.59 Å². The molecule has 31 heavy (non-hydrogen) atoms. The van der Waals surface area contributed by atoms with Crippen LogP contribution in [0.1, 0.15) is 16.7 Å². The Morgan fingerprint density at radius 3 is 2.32 bits per heavy atom. The fourth-order valence-corrected chi connectivity index (χ4v) is 4.35. The largest absolute Gasteiger partial charge is 0.497 e. The van der Waals surface area contributed by atoms with Gasteiger partial charge in [-0.1, -0.05) is 60.7 Å². The van der Waals surface area contributed by atoms with E-state index in [1.807, 2.05) is 47.4 Å². The Balaban J connectivity index is 1.61. The van der Waals surface area contributed by atoms with Crippen molar-refractivity contribution in [3.63, 3.8) is 0 Å². The molecule has 5 heteroatoms. The average Bonchev–Trinajstić information content (AvgIpc) is 3.09. The molecule has 2 aliphatic rings. The minimum atomic E-state index is -0.307. The van der Waals surface area contributed by atoms with Crippen LogP contribution in [0, 0.1) is 0 Å². The zero-order valence-electron chi connectivity index (χ0n) is 17.2. The Morgan fingerprint density at radius 1 is 0.806 bits per heavy atom. The molecule has 0 spiro atoms. The van der Waals surface area contributed by atoms with Crippen LogP contribution in [0.2, 0.25) is 0 Å². The highest BCUT2D eigenvalue weighted by Gasteiger charge is 2.43. The van der Waals surface area contributed by atoms with Gasteiger partial charge >= 0.3 is 0 Å². The Kier molecular flexibility index (Phi) is 4.79. The van der Waals surface area contributed by atoms with E-state index in [2.05, 4.69) is 12.1 Å². The number of imide groups is 1. The van der Waals surface area contributed by atoms with Crippen molar-refractivity contribution in [1.82, 2.24) is 4.90 Å². The molecule has 0 radical (unpaired) electrons. The first kappa shape index (κ1) is 19.1. The molecule has 2 heterocycles. The molecule has 0 fully saturated rings. The standard InChI is InChI=1S/C26H22N2O3/c1-31-22-13-7-12-21(16-22)28-25(29)23(19-9-3-2-4-10-19)24(26(28)30)27-15-14-18-8-5-6-11-20(18)17-27/h2-13,16H,14-15,17H2,1H3. The molecular formula is C26H22N2O3. The third-order valence-corrected chi connectivity index (χ3v) is 5.88. The number of nitrogens with zero attached hydrogens (tertiary/aromatic N) is 2. The number of carbonyl (C=O) groups is 2. The molecular weight excluding hydrogens is 388 g/mol. The van der Waals surface area contributed by atoms with Crippen molar-refractivity contribution < 1.29 is 14.3 Å². The second-order valence-corrected chi connectivity index (χ2v) is 7.68. The van der Waals surface area contributed by atoms with Crippen LogP contribution in [0.5, 0.6) is 5.75 Å². The fourth-order valence-electron chi connectivity index (χ4n) is 4.35. The molecule has 0 saturated heterocycles. The third-order valence-electron chi connectivity index (χ3n) is 5.88. The van der Waals surface area contributed by atoms with Crippen molar-refractivity contribution >= 4 is 23.1 Å². The quantitative estimate of drug-likeness (QED) is 0.609. The zero-order chi connectivity index (χ0) is 21.4. The Labute approximate surface area is 181 Å². The highest BCUT2D eigenvalue weighted by Crippen LogP contribution is 2.37. The predicted molar refractivity (Wildman–Crippen MR) is 119 cm³/mol. The number of hydrogen-bond acceptors (Lipinski definition) is 4. The summed E-state index contributed by atoms with van der Waals surface area (Å²) >= 11 is 0. The number of benzene rings is 3. The van der Waals surface area contributed by atoms with Gasteiger partial charge in [0.1, 0.15) is 11.4 Å². The molecule has 0 aromatic heterocycles. The van der Waals surface area contributed by atoms with E-state index < -0.39 is 0 Å². The SMILES string of the molecule is COc1cccc(N2C(=O)C(c3ccccc3)=C(N3CCc4ccccc4C3)C2=O)c1. The second kappa shape index (κ2) is 7.76. The van der Waals surface area contributed by atoms with Crippen LogP contribution < -0.4 is 9.64 Å². The molecule has 3 aromatic carbocycles. The van der Waals surface area contributed by atoms with E-state index in [0.29, 0.717) is 35.8 Å². The maximum Gasteiger partial charge on any atom is 0.282 e. The minimum Gasteiger partial charge on any atom is -0.497 e. The van der Waals surface area contributed by atoms with Crippen LogP contribution in [0.4, 0.5) is 5.69 Å². The van der Waals surface area contributed by atoms with E-state index in [1.165, 1.54) is 16.0 Å². The average molecular weight is 410 g/mol. The van der Waals surface area contributed by atoms with E-state index in [1.54, 1.807) is 31.4 Å². The summed E-state index contributed by atoms with van der Waals surface area (Å²) in [6.45, 7) is 1.29. The molecule has 0 saturated carbocycles. The summed E-state index contributed by atoms with van der Waals surface area (Å²) in [7, 11) is 1.57. The molecule has 2 amide bonds. The zero-order valence-corrected chi connectivity index (χ0v) is 17.2. The first-order chi connectivity index (χ1) is 15.2. The molecule has 0 unspecified atom stereocenters. The van der Waals surface area contributed by atoms with Crippen molar-refractivity contribution in [2.45, 2.75) is 13.0 Å². The topological polar surface area (TPSA) is 49.9 Å². The Hall–Kier alpha value is -3.86. The lowest BCUT2D eigenvalue weighted by atomic mass is 9.98. The van der Waals surface area contributed by atoms with Crippen LogP contribution in [0.25, 0.3) is 5.57 Å². The number of ether oxygens (including phenoxy) is 1. The highest BCUT2D eigenvalue weighted by atomic mass is 16.5. The summed E-state index contributed by atoms with van der Waals surface area (Å²) in [5.41, 5.74) is 4.66. The molecule has 5 rings (SSSR count). The molecule has 0 atom stereocenters. The maximum absolute atomic E-state index is 13.7. The maximum atomic E-state index is 13.7. The molecule has 0 aliphatic carbocycles. The Bertz CT molecular complexity index is 1200. The summed E-state index contributed by atoms with van der Waals surface area (Å²) in [5, 5.41) is 0. The van der Waals surface area contributed by atoms with Gasteiger partial charge in [-0.2, -0.15) is 0 Å². The van der Waals surface area contributed by atoms with Crippen molar-refractivity contribution in [3.8, 4) is 5.75 Å². The monoisotopic (exact) mass is 410 g/mol. The molecule has 5 nitrogen and oxygen atoms in total. The van der Waals surface area contributed by atoms with Crippen molar-refractivity contribution in [2.75, 3.05) is 18.6 Å². The van der Waals surface area contributed by atoms with Gasteiger partial charge in [0.05, 0.1) is 18.4 Å². The molecule has 154 valence electrons. The molecule has 2 aliphatic heterocycles. The Morgan fingerprint density at radius 2 is 1.55 bits per heavy atom. The van der Waals surface area contributed by atoms with Crippen LogP contribution in [0.3, 0.4) is 0 Å². The smallest absolute Gasteiger partial charge is 0.282 e. The van der Waals surface area contributed by atoms with Crippen LogP contribution >= 0.6 is 0 Å². The minimum absolute atomic E-state index is 0.295. The summed E-state index contributed by atoms with van der Waals surface area (Å²) in [6, 6.07) is 24.8. The van der Waals surface area contributed by atoms with E-state index in [0.717, 1.165) is 12.0 Å². The van der Waals surface area contributed by atoms with Crippen molar-refractivity contribution in [2.24, 2.45) is 0 Å². The highest BCUT2D eigenvalue weighted by molar-refractivity contribution is 6.45. The van der Waals surface area contributed by atoms with Gasteiger partial charge in [-0.3, -0.25) is 9.59 Å². The normalized spacial score (nSPS) is 16.0. The van der Waals surface area contributed by atoms with Gasteiger partial charge in [0.25, 0.3) is 11.8 Å². The van der Waals surface area contributed by atoms with Crippen LogP contribution in [0.15, 0.2) is 84.6 Å². The fraction of sp³-hybridized carbons (Fsp3) is 0.154. The number of rotatable bonds is 4. The summed E-state index contributed by atoms with van der Waals surface area (Å²) in [5.74, 6) is -0.00508. The van der Waals surface area contributed by atoms with Crippen LogP contribution in [-0.2, 0) is 22.6 Å².